The highest BCUT2D eigenvalue weighted by atomic mass is 35.5. The maximum absolute atomic E-state index is 9.57. The Hall–Kier alpha value is -1.14. The minimum Gasteiger partial charge on any atom is -0.461 e. The van der Waals surface area contributed by atoms with E-state index >= 15 is 0 Å². The largest absolute Gasteiger partial charge is 0.461 e. The van der Waals surface area contributed by atoms with E-state index in [2.05, 4.69) is 20.3 Å². The van der Waals surface area contributed by atoms with Gasteiger partial charge in [0.05, 0.1) is 11.7 Å². The van der Waals surface area contributed by atoms with Crippen LogP contribution in [-0.4, -0.2) is 38.3 Å². The fraction of sp³-hybridized carbons (Fsp3) is 0.700. The molecule has 0 fully saturated rings. The molecule has 0 bridgehead atoms. The molecule has 0 aromatic carbocycles. The van der Waals surface area contributed by atoms with E-state index in [9.17, 15) is 5.11 Å². The number of ether oxygens (including phenoxy) is 1. The zero-order valence-electron chi connectivity index (χ0n) is 10.4. The first-order valence-electron chi connectivity index (χ1n) is 5.31. The molecule has 0 unspecified atom stereocenters. The first kappa shape index (κ1) is 13.9. The van der Waals surface area contributed by atoms with Crippen molar-refractivity contribution in [2.45, 2.75) is 39.4 Å². The van der Waals surface area contributed by atoms with Crippen molar-refractivity contribution >= 4 is 17.5 Å². The van der Waals surface area contributed by atoms with Crippen molar-refractivity contribution < 1.29 is 9.84 Å². The van der Waals surface area contributed by atoms with Crippen molar-refractivity contribution in [2.75, 3.05) is 11.9 Å². The molecule has 0 aliphatic carbocycles. The average Bonchev–Trinajstić information content (AvgIpc) is 2.11. The molecular weight excluding hydrogens is 244 g/mol. The minimum atomic E-state index is -0.863. The second-order valence-corrected chi connectivity index (χ2v) is 4.88. The van der Waals surface area contributed by atoms with Crippen molar-refractivity contribution in [1.82, 2.24) is 15.0 Å². The number of halogens is 1. The Morgan fingerprint density at radius 1 is 1.35 bits per heavy atom. The molecule has 1 rings (SSSR count). The summed E-state index contributed by atoms with van der Waals surface area (Å²) >= 11 is 5.74. The fourth-order valence-corrected chi connectivity index (χ4v) is 1.12. The molecule has 0 amide bonds. The lowest BCUT2D eigenvalue weighted by atomic mass is 10.1. The highest BCUT2D eigenvalue weighted by Crippen LogP contribution is 2.13. The number of aromatic nitrogens is 3. The minimum absolute atomic E-state index is 0.0457. The summed E-state index contributed by atoms with van der Waals surface area (Å²) in [7, 11) is 0. The van der Waals surface area contributed by atoms with Gasteiger partial charge in [0.1, 0.15) is 0 Å². The maximum atomic E-state index is 9.57. The van der Waals surface area contributed by atoms with Gasteiger partial charge in [0.15, 0.2) is 0 Å². The van der Waals surface area contributed by atoms with E-state index in [1.165, 1.54) is 0 Å². The molecule has 1 aromatic heterocycles. The summed E-state index contributed by atoms with van der Waals surface area (Å²) < 4.78 is 5.32. The second-order valence-electron chi connectivity index (χ2n) is 4.54. The molecule has 17 heavy (non-hydrogen) atoms. The Morgan fingerprint density at radius 2 is 2.00 bits per heavy atom. The summed E-state index contributed by atoms with van der Waals surface area (Å²) in [6.45, 7) is 7.38. The molecular formula is C10H17ClN4O2. The zero-order valence-corrected chi connectivity index (χ0v) is 11.1. The Balaban J connectivity index is 2.75. The topological polar surface area (TPSA) is 80.2 Å². The van der Waals surface area contributed by atoms with Crippen LogP contribution in [0.5, 0.6) is 6.01 Å². The van der Waals surface area contributed by atoms with Crippen LogP contribution < -0.4 is 10.1 Å². The van der Waals surface area contributed by atoms with Gasteiger partial charge in [0, 0.05) is 6.54 Å². The van der Waals surface area contributed by atoms with Crippen molar-refractivity contribution in [3.05, 3.63) is 5.28 Å². The van der Waals surface area contributed by atoms with Crippen molar-refractivity contribution in [1.29, 1.82) is 0 Å². The predicted molar refractivity (Wildman–Crippen MR) is 65.4 cm³/mol. The summed E-state index contributed by atoms with van der Waals surface area (Å²) in [4.78, 5) is 11.7. The molecule has 0 radical (unpaired) electrons. The summed E-state index contributed by atoms with van der Waals surface area (Å²) in [6.07, 6.45) is -0.0457. The van der Waals surface area contributed by atoms with Crippen molar-refractivity contribution in [3.63, 3.8) is 0 Å². The second kappa shape index (κ2) is 5.46. The summed E-state index contributed by atoms with van der Waals surface area (Å²) in [5.74, 6) is 0.280. The first-order chi connectivity index (χ1) is 7.76. The third-order valence-electron chi connectivity index (χ3n) is 1.61. The van der Waals surface area contributed by atoms with Gasteiger partial charge >= 0.3 is 6.01 Å². The quantitative estimate of drug-likeness (QED) is 0.835. The molecule has 1 aromatic rings. The number of nitrogens with one attached hydrogen (secondary N) is 1. The highest BCUT2D eigenvalue weighted by molar-refractivity contribution is 6.28. The van der Waals surface area contributed by atoms with Gasteiger partial charge in [0.25, 0.3) is 0 Å². The normalized spacial score (nSPS) is 11.7. The average molecular weight is 261 g/mol. The van der Waals surface area contributed by atoms with Crippen LogP contribution in [0.4, 0.5) is 5.95 Å². The van der Waals surface area contributed by atoms with Crippen LogP contribution in [0.25, 0.3) is 0 Å². The lowest BCUT2D eigenvalue weighted by molar-refractivity contribution is 0.0942. The van der Waals surface area contributed by atoms with Crippen LogP contribution in [0.3, 0.4) is 0 Å². The maximum Gasteiger partial charge on any atom is 0.322 e. The number of rotatable bonds is 5. The first-order valence-corrected chi connectivity index (χ1v) is 5.68. The van der Waals surface area contributed by atoms with Crippen molar-refractivity contribution in [2.24, 2.45) is 0 Å². The van der Waals surface area contributed by atoms with Crippen LogP contribution in [0.1, 0.15) is 27.7 Å². The standard InChI is InChI=1S/C10H17ClN4O2/c1-6(2)17-9-14-7(11)13-8(15-9)12-5-10(3,4)16/h6,16H,5H2,1-4H3,(H,12,13,14,15). The van der Waals surface area contributed by atoms with Gasteiger partial charge in [0.2, 0.25) is 11.2 Å². The SMILES string of the molecule is CC(C)Oc1nc(Cl)nc(NCC(C)(C)O)n1. The van der Waals surface area contributed by atoms with Gasteiger partial charge in [-0.25, -0.2) is 0 Å². The third kappa shape index (κ3) is 5.65. The molecule has 0 aliphatic heterocycles. The number of anilines is 1. The lowest BCUT2D eigenvalue weighted by Crippen LogP contribution is -2.30. The van der Waals surface area contributed by atoms with Crippen molar-refractivity contribution in [3.8, 4) is 6.01 Å². The van der Waals surface area contributed by atoms with E-state index in [0.29, 0.717) is 6.54 Å². The van der Waals surface area contributed by atoms with Gasteiger partial charge in [-0.1, -0.05) is 0 Å². The zero-order chi connectivity index (χ0) is 13.1. The van der Waals surface area contributed by atoms with Crippen LogP contribution in [-0.2, 0) is 0 Å². The van der Waals surface area contributed by atoms with E-state index in [1.807, 2.05) is 13.8 Å². The summed E-state index contributed by atoms with van der Waals surface area (Å²) in [5, 5.41) is 12.5. The molecule has 0 atom stereocenters. The van der Waals surface area contributed by atoms with E-state index in [0.717, 1.165) is 0 Å². The molecule has 0 saturated heterocycles. The van der Waals surface area contributed by atoms with Crippen LogP contribution in [0.2, 0.25) is 5.28 Å². The highest BCUT2D eigenvalue weighted by Gasteiger charge is 2.14. The number of nitrogens with zero attached hydrogens (tertiary/aromatic N) is 3. The van der Waals surface area contributed by atoms with Crippen LogP contribution in [0.15, 0.2) is 0 Å². The Morgan fingerprint density at radius 3 is 2.53 bits per heavy atom. The number of hydrogen-bond donors (Lipinski definition) is 2. The fourth-order valence-electron chi connectivity index (χ4n) is 0.970. The molecule has 2 N–H and O–H groups in total. The Kier molecular flexibility index (Phi) is 4.47. The Labute approximate surface area is 105 Å². The van der Waals surface area contributed by atoms with Gasteiger partial charge in [-0.15, -0.1) is 0 Å². The molecule has 0 saturated carbocycles. The van der Waals surface area contributed by atoms with Gasteiger partial charge in [-0.2, -0.15) is 15.0 Å². The molecule has 96 valence electrons. The monoisotopic (exact) mass is 260 g/mol. The van der Waals surface area contributed by atoms with E-state index in [4.69, 9.17) is 16.3 Å². The van der Waals surface area contributed by atoms with Gasteiger partial charge in [-0.05, 0) is 39.3 Å². The van der Waals surface area contributed by atoms with Crippen LogP contribution in [0, 0.1) is 0 Å². The number of aliphatic hydroxyl groups is 1. The van der Waals surface area contributed by atoms with Gasteiger partial charge in [-0.3, -0.25) is 0 Å². The lowest BCUT2D eigenvalue weighted by Gasteiger charge is -2.17. The van der Waals surface area contributed by atoms with E-state index < -0.39 is 5.60 Å². The third-order valence-corrected chi connectivity index (χ3v) is 1.78. The Bertz CT molecular complexity index is 379. The number of hydrogen-bond acceptors (Lipinski definition) is 6. The molecule has 0 aliphatic rings. The van der Waals surface area contributed by atoms with Crippen LogP contribution >= 0.6 is 11.6 Å². The smallest absolute Gasteiger partial charge is 0.322 e. The molecule has 7 heteroatoms. The molecule has 0 spiro atoms. The van der Waals surface area contributed by atoms with Gasteiger partial charge < -0.3 is 15.2 Å². The summed E-state index contributed by atoms with van der Waals surface area (Å²) in [6, 6.07) is 0.165. The molecule has 6 nitrogen and oxygen atoms in total. The van der Waals surface area contributed by atoms with E-state index in [-0.39, 0.29) is 23.3 Å². The predicted octanol–water partition coefficient (Wildman–Crippen LogP) is 1.49. The summed E-state index contributed by atoms with van der Waals surface area (Å²) in [5.41, 5.74) is -0.863. The van der Waals surface area contributed by atoms with E-state index in [1.54, 1.807) is 13.8 Å². The molecule has 1 heterocycles.